The Kier molecular flexibility index (Phi) is 3.94. The van der Waals surface area contributed by atoms with Crippen molar-refractivity contribution in [2.24, 2.45) is 0 Å². The van der Waals surface area contributed by atoms with Gasteiger partial charge in [-0.05, 0) is 36.6 Å². The fourth-order valence-corrected chi connectivity index (χ4v) is 1.78. The Hall–Kier alpha value is -0.340. The molecule has 71 valence electrons. The van der Waals surface area contributed by atoms with E-state index < -0.39 is 0 Å². The van der Waals surface area contributed by atoms with Crippen LogP contribution in [0.5, 0.6) is 0 Å². The van der Waals surface area contributed by atoms with Crippen molar-refractivity contribution in [3.63, 3.8) is 0 Å². The molecular formula is C11H14BrO. The van der Waals surface area contributed by atoms with Crippen LogP contribution in [0.1, 0.15) is 24.0 Å². The standard InChI is InChI=1S/C11H14BrO/c1-3-9-4-10(8(2)7-13)6-11(12)5-9/h4-6,8,13H,2-3,7H2,1H3. The second kappa shape index (κ2) is 4.77. The number of halogens is 1. The number of benzene rings is 1. The van der Waals surface area contributed by atoms with Crippen LogP contribution in [-0.4, -0.2) is 11.7 Å². The molecule has 0 aliphatic heterocycles. The molecule has 0 fully saturated rings. The third kappa shape index (κ3) is 2.82. The van der Waals surface area contributed by atoms with Gasteiger partial charge in [-0.25, -0.2) is 0 Å². The lowest BCUT2D eigenvalue weighted by Crippen LogP contribution is -2.00. The van der Waals surface area contributed by atoms with Crippen LogP contribution in [-0.2, 0) is 6.42 Å². The van der Waals surface area contributed by atoms with E-state index in [1.54, 1.807) is 0 Å². The maximum absolute atomic E-state index is 8.96. The molecule has 0 aromatic heterocycles. The van der Waals surface area contributed by atoms with Crippen molar-refractivity contribution in [3.8, 4) is 0 Å². The van der Waals surface area contributed by atoms with Gasteiger partial charge in [0.15, 0.2) is 0 Å². The highest BCUT2D eigenvalue weighted by atomic mass is 79.9. The third-order valence-electron chi connectivity index (χ3n) is 2.08. The first-order valence-electron chi connectivity index (χ1n) is 4.40. The van der Waals surface area contributed by atoms with Crippen LogP contribution in [0.2, 0.25) is 0 Å². The van der Waals surface area contributed by atoms with Gasteiger partial charge in [0.2, 0.25) is 0 Å². The number of aryl methyl sites for hydroxylation is 1. The van der Waals surface area contributed by atoms with Crippen LogP contribution >= 0.6 is 15.9 Å². The molecular weight excluding hydrogens is 228 g/mol. The molecule has 1 radical (unpaired) electrons. The summed E-state index contributed by atoms with van der Waals surface area (Å²) in [5.74, 6) is -0.0252. The number of hydrogen-bond donors (Lipinski definition) is 1. The van der Waals surface area contributed by atoms with Crippen molar-refractivity contribution < 1.29 is 5.11 Å². The predicted molar refractivity (Wildman–Crippen MR) is 58.7 cm³/mol. The maximum Gasteiger partial charge on any atom is 0.0499 e. The maximum atomic E-state index is 8.96. The minimum Gasteiger partial charge on any atom is -0.396 e. The van der Waals surface area contributed by atoms with Crippen molar-refractivity contribution in [1.82, 2.24) is 0 Å². The highest BCUT2D eigenvalue weighted by Gasteiger charge is 2.05. The first kappa shape index (κ1) is 10.7. The SMILES string of the molecule is [CH2]C(CO)c1cc(Br)cc(CC)c1. The minimum atomic E-state index is -0.0252. The summed E-state index contributed by atoms with van der Waals surface area (Å²) in [5, 5.41) is 8.96. The van der Waals surface area contributed by atoms with Crippen LogP contribution in [0.15, 0.2) is 22.7 Å². The molecule has 1 nitrogen and oxygen atoms in total. The first-order chi connectivity index (χ1) is 6.17. The van der Waals surface area contributed by atoms with Gasteiger partial charge in [-0.3, -0.25) is 0 Å². The van der Waals surface area contributed by atoms with Crippen LogP contribution in [0.4, 0.5) is 0 Å². The summed E-state index contributed by atoms with van der Waals surface area (Å²) >= 11 is 3.44. The molecule has 0 aliphatic rings. The molecule has 1 atom stereocenters. The average molecular weight is 242 g/mol. The number of aliphatic hydroxyl groups is 1. The van der Waals surface area contributed by atoms with Crippen molar-refractivity contribution >= 4 is 15.9 Å². The Morgan fingerprint density at radius 1 is 1.46 bits per heavy atom. The molecule has 0 saturated heterocycles. The molecule has 1 N–H and O–H groups in total. The van der Waals surface area contributed by atoms with Gasteiger partial charge in [-0.1, -0.05) is 28.9 Å². The van der Waals surface area contributed by atoms with E-state index in [0.717, 1.165) is 16.5 Å². The summed E-state index contributed by atoms with van der Waals surface area (Å²) < 4.78 is 1.06. The quantitative estimate of drug-likeness (QED) is 0.863. The molecule has 0 saturated carbocycles. The van der Waals surface area contributed by atoms with Gasteiger partial charge in [0.25, 0.3) is 0 Å². The lowest BCUT2D eigenvalue weighted by molar-refractivity contribution is 0.282. The summed E-state index contributed by atoms with van der Waals surface area (Å²) in [6.07, 6.45) is 1.00. The van der Waals surface area contributed by atoms with E-state index in [9.17, 15) is 0 Å². The summed E-state index contributed by atoms with van der Waals surface area (Å²) in [5.41, 5.74) is 2.36. The number of aliphatic hydroxyl groups excluding tert-OH is 1. The van der Waals surface area contributed by atoms with Crippen molar-refractivity contribution in [3.05, 3.63) is 40.7 Å². The smallest absolute Gasteiger partial charge is 0.0499 e. The second-order valence-corrected chi connectivity index (χ2v) is 4.04. The first-order valence-corrected chi connectivity index (χ1v) is 5.20. The van der Waals surface area contributed by atoms with Gasteiger partial charge in [0, 0.05) is 17.0 Å². The summed E-state index contributed by atoms with van der Waals surface area (Å²) in [4.78, 5) is 0. The summed E-state index contributed by atoms with van der Waals surface area (Å²) in [6, 6.07) is 6.19. The highest BCUT2D eigenvalue weighted by molar-refractivity contribution is 9.10. The lowest BCUT2D eigenvalue weighted by atomic mass is 9.99. The van der Waals surface area contributed by atoms with Crippen molar-refractivity contribution in [2.75, 3.05) is 6.61 Å². The Labute approximate surface area is 87.9 Å². The number of rotatable bonds is 3. The average Bonchev–Trinajstić information content (AvgIpc) is 2.15. The van der Waals surface area contributed by atoms with E-state index in [4.69, 9.17) is 5.11 Å². The van der Waals surface area contributed by atoms with E-state index >= 15 is 0 Å². The molecule has 1 rings (SSSR count). The molecule has 0 amide bonds. The van der Waals surface area contributed by atoms with E-state index in [1.165, 1.54) is 5.56 Å². The fraction of sp³-hybridized carbons (Fsp3) is 0.364. The highest BCUT2D eigenvalue weighted by Crippen LogP contribution is 2.21. The van der Waals surface area contributed by atoms with E-state index in [-0.39, 0.29) is 12.5 Å². The zero-order chi connectivity index (χ0) is 9.84. The largest absolute Gasteiger partial charge is 0.396 e. The molecule has 0 aliphatic carbocycles. The number of hydrogen-bond acceptors (Lipinski definition) is 1. The molecule has 0 spiro atoms. The topological polar surface area (TPSA) is 20.2 Å². The predicted octanol–water partition coefficient (Wildman–Crippen LogP) is 2.92. The van der Waals surface area contributed by atoms with Gasteiger partial charge in [0.1, 0.15) is 0 Å². The van der Waals surface area contributed by atoms with Crippen LogP contribution in [0, 0.1) is 6.92 Å². The van der Waals surface area contributed by atoms with Crippen LogP contribution in [0.25, 0.3) is 0 Å². The molecule has 1 unspecified atom stereocenters. The lowest BCUT2D eigenvalue weighted by Gasteiger charge is -2.10. The molecule has 0 bridgehead atoms. The summed E-state index contributed by atoms with van der Waals surface area (Å²) in [7, 11) is 0. The van der Waals surface area contributed by atoms with Crippen molar-refractivity contribution in [1.29, 1.82) is 0 Å². The monoisotopic (exact) mass is 241 g/mol. The van der Waals surface area contributed by atoms with Crippen LogP contribution < -0.4 is 0 Å². The van der Waals surface area contributed by atoms with E-state index in [2.05, 4.69) is 41.9 Å². The van der Waals surface area contributed by atoms with Crippen molar-refractivity contribution in [2.45, 2.75) is 19.3 Å². The zero-order valence-electron chi connectivity index (χ0n) is 7.76. The molecule has 1 aromatic rings. The molecule has 1 aromatic carbocycles. The Morgan fingerprint density at radius 2 is 2.15 bits per heavy atom. The van der Waals surface area contributed by atoms with Gasteiger partial charge in [-0.2, -0.15) is 0 Å². The fourth-order valence-electron chi connectivity index (χ4n) is 1.22. The Morgan fingerprint density at radius 3 is 2.69 bits per heavy atom. The van der Waals surface area contributed by atoms with E-state index in [1.807, 2.05) is 6.07 Å². The third-order valence-corrected chi connectivity index (χ3v) is 2.54. The van der Waals surface area contributed by atoms with E-state index in [0.29, 0.717) is 0 Å². The Balaban J connectivity index is 3.01. The normalized spacial score (nSPS) is 12.9. The Bertz CT molecular complexity index is 283. The summed E-state index contributed by atoms with van der Waals surface area (Å²) in [6.45, 7) is 6.08. The van der Waals surface area contributed by atoms with Gasteiger partial charge >= 0.3 is 0 Å². The minimum absolute atomic E-state index is 0.0252. The van der Waals surface area contributed by atoms with Crippen LogP contribution in [0.3, 0.4) is 0 Å². The van der Waals surface area contributed by atoms with Gasteiger partial charge in [-0.15, -0.1) is 0 Å². The molecule has 13 heavy (non-hydrogen) atoms. The molecule has 0 heterocycles. The molecule has 2 heteroatoms. The van der Waals surface area contributed by atoms with Gasteiger partial charge in [0.05, 0.1) is 0 Å². The zero-order valence-corrected chi connectivity index (χ0v) is 9.34. The van der Waals surface area contributed by atoms with Gasteiger partial charge < -0.3 is 5.11 Å². The second-order valence-electron chi connectivity index (χ2n) is 3.13.